The lowest BCUT2D eigenvalue weighted by Crippen LogP contribution is -2.37. The number of para-hydroxylation sites is 2. The molecular formula is C38H31AlN2O3. The largest absolute Gasteiger partial charge is 1.20 e. The highest BCUT2D eigenvalue weighted by molar-refractivity contribution is 6.40. The first kappa shape index (κ1) is 27.9. The molecule has 6 heteroatoms. The fourth-order valence-corrected chi connectivity index (χ4v) is 6.82. The molecule has 0 N–H and O–H groups in total. The third kappa shape index (κ3) is 5.58. The first-order valence-corrected chi connectivity index (χ1v) is 16.2. The molecule has 0 bridgehead atoms. The van der Waals surface area contributed by atoms with Gasteiger partial charge in [-0.2, -0.15) is 0 Å². The predicted octanol–water partition coefficient (Wildman–Crippen LogP) is 9.36. The molecule has 0 amide bonds. The zero-order valence-electron chi connectivity index (χ0n) is 25.2. The first-order chi connectivity index (χ1) is 21.4. The number of aryl methyl sites for hydroxylation is 4. The van der Waals surface area contributed by atoms with Crippen LogP contribution in [0.4, 0.5) is 0 Å². The van der Waals surface area contributed by atoms with Crippen LogP contribution in [0.1, 0.15) is 22.5 Å². The van der Waals surface area contributed by atoms with Gasteiger partial charge in [-0.15, -0.1) is 0 Å². The van der Waals surface area contributed by atoms with Gasteiger partial charge in [0.05, 0.1) is 5.75 Å². The number of nitrogens with zero attached hydrogens (tertiary/aromatic N) is 2. The van der Waals surface area contributed by atoms with Gasteiger partial charge in [-0.3, -0.25) is 0 Å². The van der Waals surface area contributed by atoms with Gasteiger partial charge in [0.25, 0.3) is 0 Å². The second kappa shape index (κ2) is 11.7. The van der Waals surface area contributed by atoms with Gasteiger partial charge in [-0.1, -0.05) is 78.9 Å². The molecule has 44 heavy (non-hydrogen) atoms. The van der Waals surface area contributed by atoms with E-state index in [-0.39, 0.29) is 0 Å². The topological polar surface area (TPSA) is 53.5 Å². The summed E-state index contributed by atoms with van der Waals surface area (Å²) in [5, 5.41) is 4.05. The Hall–Kier alpha value is -4.89. The SMILES string of the molecule is Cc1ccc2cccc([O][Al]([O]c3cccc4cc(-c5ccc(C)c(C)c5)ccc34)[O]c3cccc4ccc(C)nc34)c2n1. The summed E-state index contributed by atoms with van der Waals surface area (Å²) in [6.07, 6.45) is 0. The highest BCUT2D eigenvalue weighted by Gasteiger charge is 2.45. The lowest BCUT2D eigenvalue weighted by molar-refractivity contribution is 0.311. The molecule has 5 aromatic carbocycles. The van der Waals surface area contributed by atoms with Crippen LogP contribution >= 0.6 is 0 Å². The monoisotopic (exact) mass is 590 g/mol. The Labute approximate surface area is 262 Å². The zero-order valence-corrected chi connectivity index (χ0v) is 26.3. The smallest absolute Gasteiger partial charge is 0.577 e. The first-order valence-electron chi connectivity index (χ1n) is 14.7. The molecule has 0 atom stereocenters. The van der Waals surface area contributed by atoms with Crippen LogP contribution in [0.15, 0.2) is 115 Å². The van der Waals surface area contributed by atoms with Gasteiger partial charge in [0, 0.05) is 27.5 Å². The predicted molar refractivity (Wildman–Crippen MR) is 179 cm³/mol. The van der Waals surface area contributed by atoms with E-state index in [2.05, 4.69) is 68.4 Å². The van der Waals surface area contributed by atoms with Crippen molar-refractivity contribution >= 4 is 47.7 Å². The van der Waals surface area contributed by atoms with Crippen molar-refractivity contribution in [2.75, 3.05) is 0 Å². The van der Waals surface area contributed by atoms with Gasteiger partial charge in [-0.05, 0) is 91.7 Å². The van der Waals surface area contributed by atoms with Gasteiger partial charge >= 0.3 is 15.1 Å². The Morgan fingerprint density at radius 2 is 0.977 bits per heavy atom. The normalized spacial score (nSPS) is 11.2. The van der Waals surface area contributed by atoms with Crippen molar-refractivity contribution in [2.24, 2.45) is 0 Å². The van der Waals surface area contributed by atoms with Crippen LogP contribution in [0.2, 0.25) is 0 Å². The molecule has 7 aromatic rings. The lowest BCUT2D eigenvalue weighted by atomic mass is 9.98. The summed E-state index contributed by atoms with van der Waals surface area (Å²) < 4.78 is 20.0. The third-order valence-corrected chi connectivity index (χ3v) is 9.33. The van der Waals surface area contributed by atoms with E-state index in [9.17, 15) is 0 Å². The quantitative estimate of drug-likeness (QED) is 0.173. The molecule has 0 aliphatic rings. The Morgan fingerprint density at radius 3 is 1.59 bits per heavy atom. The second-order valence-corrected chi connectivity index (χ2v) is 12.5. The summed E-state index contributed by atoms with van der Waals surface area (Å²) in [7, 11) is 0. The van der Waals surface area contributed by atoms with E-state index >= 15 is 0 Å². The Morgan fingerprint density at radius 1 is 0.455 bits per heavy atom. The van der Waals surface area contributed by atoms with Crippen LogP contribution in [0.25, 0.3) is 43.7 Å². The molecule has 7 rings (SSSR count). The summed E-state index contributed by atoms with van der Waals surface area (Å²) in [5.41, 5.74) is 8.30. The van der Waals surface area contributed by atoms with Gasteiger partial charge in [0.15, 0.2) is 0 Å². The standard InChI is InChI=1S/C18H16O.2C10H9NO.Al/c1-12-6-7-14(10-13(12)2)15-8-9-17-16(11-15)4-3-5-18(17)19;2*1-7-5-6-8-3-2-4-9(12)10(8)11-7;/h3-11,19H,1-2H3;2*2-6,12H,1H3;/q;;;+3/p-3. The van der Waals surface area contributed by atoms with E-state index in [0.717, 1.165) is 49.5 Å². The molecule has 0 saturated carbocycles. The van der Waals surface area contributed by atoms with Crippen molar-refractivity contribution in [3.8, 4) is 28.4 Å². The van der Waals surface area contributed by atoms with E-state index in [0.29, 0.717) is 17.2 Å². The maximum Gasteiger partial charge on any atom is 1.20 e. The fourth-order valence-electron chi connectivity index (χ4n) is 5.47. The molecule has 0 unspecified atom stereocenters. The summed E-state index contributed by atoms with van der Waals surface area (Å²) in [4.78, 5) is 9.56. The minimum Gasteiger partial charge on any atom is -0.577 e. The number of benzene rings is 5. The van der Waals surface area contributed by atoms with E-state index in [1.165, 1.54) is 16.7 Å². The molecule has 0 aliphatic heterocycles. The molecule has 0 fully saturated rings. The molecule has 0 spiro atoms. The van der Waals surface area contributed by atoms with Crippen LogP contribution in [-0.4, -0.2) is 25.1 Å². The van der Waals surface area contributed by atoms with Crippen molar-refractivity contribution in [1.29, 1.82) is 0 Å². The maximum absolute atomic E-state index is 6.71. The van der Waals surface area contributed by atoms with Gasteiger partial charge in [0.1, 0.15) is 22.5 Å². The molecule has 5 nitrogen and oxygen atoms in total. The Kier molecular flexibility index (Phi) is 7.39. The average Bonchev–Trinajstić information content (AvgIpc) is 3.03. The van der Waals surface area contributed by atoms with E-state index < -0.39 is 15.1 Å². The van der Waals surface area contributed by atoms with E-state index in [1.807, 2.05) is 74.5 Å². The highest BCUT2D eigenvalue weighted by Crippen LogP contribution is 2.33. The molecular weight excluding hydrogens is 559 g/mol. The minimum absolute atomic E-state index is 0.629. The summed E-state index contributed by atoms with van der Waals surface area (Å²) >= 11 is -2.93. The van der Waals surface area contributed by atoms with Gasteiger partial charge in [0.2, 0.25) is 0 Å². The Balaban J connectivity index is 1.29. The van der Waals surface area contributed by atoms with Gasteiger partial charge in [-0.25, -0.2) is 9.97 Å². The summed E-state index contributed by atoms with van der Waals surface area (Å²) in [6.45, 7) is 8.24. The molecule has 0 saturated heterocycles. The number of fused-ring (bicyclic) bond motifs is 3. The number of pyridine rings is 2. The average molecular weight is 591 g/mol. The Bertz CT molecular complexity index is 2090. The second-order valence-electron chi connectivity index (χ2n) is 11.2. The van der Waals surface area contributed by atoms with Crippen LogP contribution in [0.5, 0.6) is 17.2 Å². The van der Waals surface area contributed by atoms with E-state index in [4.69, 9.17) is 21.3 Å². The van der Waals surface area contributed by atoms with Crippen LogP contribution in [-0.2, 0) is 0 Å². The molecule has 214 valence electrons. The number of aromatic nitrogens is 2. The van der Waals surface area contributed by atoms with Crippen LogP contribution < -0.4 is 11.4 Å². The molecule has 2 heterocycles. The maximum atomic E-state index is 6.71. The number of hydrogen-bond acceptors (Lipinski definition) is 5. The van der Waals surface area contributed by atoms with Crippen molar-refractivity contribution in [2.45, 2.75) is 27.7 Å². The molecule has 0 radical (unpaired) electrons. The van der Waals surface area contributed by atoms with Crippen molar-refractivity contribution in [3.63, 3.8) is 0 Å². The number of rotatable bonds is 7. The van der Waals surface area contributed by atoms with Crippen molar-refractivity contribution in [1.82, 2.24) is 9.97 Å². The van der Waals surface area contributed by atoms with Crippen molar-refractivity contribution < 1.29 is 11.4 Å². The van der Waals surface area contributed by atoms with Crippen LogP contribution in [0, 0.1) is 27.7 Å². The van der Waals surface area contributed by atoms with E-state index in [1.54, 1.807) is 0 Å². The third-order valence-electron chi connectivity index (χ3n) is 8.00. The lowest BCUT2D eigenvalue weighted by Gasteiger charge is -2.19. The van der Waals surface area contributed by atoms with Gasteiger partial charge < -0.3 is 11.4 Å². The van der Waals surface area contributed by atoms with Crippen molar-refractivity contribution in [3.05, 3.63) is 138 Å². The zero-order chi connectivity index (χ0) is 30.2. The number of hydrogen-bond donors (Lipinski definition) is 0. The van der Waals surface area contributed by atoms with Crippen LogP contribution in [0.3, 0.4) is 0 Å². The fraction of sp³-hybridized carbons (Fsp3) is 0.105. The molecule has 2 aromatic heterocycles. The summed E-state index contributed by atoms with van der Waals surface area (Å²) in [5.74, 6) is 1.97. The summed E-state index contributed by atoms with van der Waals surface area (Å²) in [6, 6.07) is 39.1. The minimum atomic E-state index is -2.93. The highest BCUT2D eigenvalue weighted by atomic mass is 27.3. The molecule has 0 aliphatic carbocycles.